The van der Waals surface area contributed by atoms with Gasteiger partial charge in [0.2, 0.25) is 11.6 Å². The molecule has 1 atom stereocenters. The van der Waals surface area contributed by atoms with E-state index in [4.69, 9.17) is 39.4 Å². The average Bonchev–Trinajstić information content (AvgIpc) is 3.06. The Hall–Kier alpha value is -5.21. The number of ether oxygens (including phenoxy) is 5. The smallest absolute Gasteiger partial charge is 0.338 e. The minimum atomic E-state index is -0.937. The monoisotopic (exact) mass is 610 g/mol. The molecule has 0 fully saturated rings. The summed E-state index contributed by atoms with van der Waals surface area (Å²) in [7, 11) is 4.46. The Morgan fingerprint density at radius 2 is 1.61 bits per heavy atom. The van der Waals surface area contributed by atoms with Crippen molar-refractivity contribution in [3.05, 3.63) is 95.1 Å². The summed E-state index contributed by atoms with van der Waals surface area (Å²) in [5.74, 6) is -0.267. The van der Waals surface area contributed by atoms with Crippen LogP contribution in [-0.4, -0.2) is 49.6 Å². The van der Waals surface area contributed by atoms with Crippen LogP contribution in [0.3, 0.4) is 0 Å². The summed E-state index contributed by atoms with van der Waals surface area (Å²) in [4.78, 5) is 23.4. The number of para-hydroxylation sites is 2. The topological polar surface area (TPSA) is 139 Å². The maximum absolute atomic E-state index is 13.6. The second-order valence-corrected chi connectivity index (χ2v) is 10.4. The first-order valence-corrected chi connectivity index (χ1v) is 14.6. The molecular formula is C33H30N4O6S. The molecule has 0 spiro atoms. The number of methoxy groups -OCH3 is 3. The highest BCUT2D eigenvalue weighted by molar-refractivity contribution is 7.99. The van der Waals surface area contributed by atoms with Crippen LogP contribution in [0, 0.1) is 11.3 Å². The molecule has 10 nitrogen and oxygen atoms in total. The van der Waals surface area contributed by atoms with E-state index in [-0.39, 0.29) is 35.1 Å². The van der Waals surface area contributed by atoms with Crippen LogP contribution in [0.15, 0.2) is 94.5 Å². The third-order valence-corrected chi connectivity index (χ3v) is 7.90. The van der Waals surface area contributed by atoms with E-state index in [1.807, 2.05) is 54.6 Å². The van der Waals surface area contributed by atoms with Crippen LogP contribution < -0.4 is 19.9 Å². The highest BCUT2D eigenvalue weighted by Gasteiger charge is 2.39. The number of hydrogen-bond acceptors (Lipinski definition) is 11. The average molecular weight is 611 g/mol. The lowest BCUT2D eigenvalue weighted by molar-refractivity contribution is -0.139. The predicted molar refractivity (Wildman–Crippen MR) is 166 cm³/mol. The maximum Gasteiger partial charge on any atom is 0.338 e. The van der Waals surface area contributed by atoms with Gasteiger partial charge in [-0.05, 0) is 36.8 Å². The first kappa shape index (κ1) is 30.3. The molecule has 224 valence electrons. The zero-order chi connectivity index (χ0) is 31.2. The standard InChI is InChI=1S/C33H30N4O6S/c1-5-42-33(38)28-26(18-44-32-29(19-11-7-6-8-12-19)36-22-13-9-10-14-23(22)37-32)43-31(35)21(17-34)27(28)20-15-24(39-2)30(41-4)25(16-20)40-3/h6-16,27H,5,18,35H2,1-4H3. The molecule has 11 heteroatoms. The quantitative estimate of drug-likeness (QED) is 0.174. The zero-order valence-electron chi connectivity index (χ0n) is 24.6. The fraction of sp³-hybridized carbons (Fsp3) is 0.212. The summed E-state index contributed by atoms with van der Waals surface area (Å²) in [6.45, 7) is 1.82. The van der Waals surface area contributed by atoms with Gasteiger partial charge in [-0.2, -0.15) is 5.26 Å². The van der Waals surface area contributed by atoms with Gasteiger partial charge >= 0.3 is 5.97 Å². The first-order valence-electron chi connectivity index (χ1n) is 13.7. The van der Waals surface area contributed by atoms with Crippen molar-refractivity contribution in [2.45, 2.75) is 17.9 Å². The molecule has 4 aromatic rings. The molecule has 0 aliphatic carbocycles. The molecule has 0 saturated carbocycles. The summed E-state index contributed by atoms with van der Waals surface area (Å²) in [6, 6.07) is 22.8. The molecule has 3 aromatic carbocycles. The van der Waals surface area contributed by atoms with Gasteiger partial charge in [0, 0.05) is 5.56 Å². The molecule has 0 radical (unpaired) electrons. The first-order chi connectivity index (χ1) is 21.4. The summed E-state index contributed by atoms with van der Waals surface area (Å²) < 4.78 is 28.1. The summed E-state index contributed by atoms with van der Waals surface area (Å²) in [5, 5.41) is 10.8. The van der Waals surface area contributed by atoms with Gasteiger partial charge in [-0.25, -0.2) is 14.8 Å². The van der Waals surface area contributed by atoms with Crippen molar-refractivity contribution >= 4 is 28.8 Å². The number of nitriles is 1. The van der Waals surface area contributed by atoms with Crippen LogP contribution in [-0.2, 0) is 14.3 Å². The van der Waals surface area contributed by atoms with Crippen molar-refractivity contribution in [2.24, 2.45) is 5.73 Å². The van der Waals surface area contributed by atoms with Gasteiger partial charge in [0.05, 0.1) is 56.2 Å². The minimum absolute atomic E-state index is 0.0477. The molecule has 2 N–H and O–H groups in total. The number of fused-ring (bicyclic) bond motifs is 1. The Labute approximate surface area is 259 Å². The SMILES string of the molecule is CCOC(=O)C1=C(CSc2nc3ccccc3nc2-c2ccccc2)OC(N)=C(C#N)C1c1cc(OC)c(OC)c(OC)c1. The lowest BCUT2D eigenvalue weighted by Crippen LogP contribution is -2.27. The van der Waals surface area contributed by atoms with Crippen molar-refractivity contribution in [1.29, 1.82) is 5.26 Å². The Morgan fingerprint density at radius 3 is 2.20 bits per heavy atom. The number of carbonyl (C=O) groups is 1. The maximum atomic E-state index is 13.6. The molecule has 5 rings (SSSR count). The number of rotatable bonds is 10. The van der Waals surface area contributed by atoms with E-state index in [2.05, 4.69) is 6.07 Å². The number of allylic oxidation sites excluding steroid dienone is 1. The van der Waals surface area contributed by atoms with Crippen molar-refractivity contribution in [2.75, 3.05) is 33.7 Å². The molecule has 1 aromatic heterocycles. The number of carbonyl (C=O) groups excluding carboxylic acids is 1. The Balaban J connectivity index is 1.65. The van der Waals surface area contributed by atoms with Gasteiger partial charge in [0.25, 0.3) is 0 Å². The Kier molecular flexibility index (Phi) is 9.21. The normalized spacial score (nSPS) is 14.6. The van der Waals surface area contributed by atoms with Crippen LogP contribution >= 0.6 is 11.8 Å². The number of nitrogens with two attached hydrogens (primary N) is 1. The van der Waals surface area contributed by atoms with Gasteiger partial charge in [0.15, 0.2) is 11.5 Å². The Morgan fingerprint density at radius 1 is 0.977 bits per heavy atom. The number of nitrogens with zero attached hydrogens (tertiary/aromatic N) is 3. The molecule has 44 heavy (non-hydrogen) atoms. The highest BCUT2D eigenvalue weighted by Crippen LogP contribution is 2.46. The van der Waals surface area contributed by atoms with E-state index < -0.39 is 11.9 Å². The number of hydrogen-bond donors (Lipinski definition) is 1. The molecule has 1 aliphatic heterocycles. The van der Waals surface area contributed by atoms with Crippen LogP contribution in [0.5, 0.6) is 17.2 Å². The van der Waals surface area contributed by atoms with Gasteiger partial charge in [-0.3, -0.25) is 0 Å². The van der Waals surface area contributed by atoms with E-state index in [0.29, 0.717) is 33.5 Å². The van der Waals surface area contributed by atoms with Crippen LogP contribution in [0.1, 0.15) is 18.4 Å². The molecule has 0 bridgehead atoms. The zero-order valence-corrected chi connectivity index (χ0v) is 25.4. The third-order valence-electron chi connectivity index (χ3n) is 6.94. The van der Waals surface area contributed by atoms with Crippen LogP contribution in [0.25, 0.3) is 22.3 Å². The van der Waals surface area contributed by atoms with Gasteiger partial charge in [-0.15, -0.1) is 0 Å². The largest absolute Gasteiger partial charge is 0.493 e. The molecule has 2 heterocycles. The Bertz CT molecular complexity index is 1790. The number of aromatic nitrogens is 2. The molecular weight excluding hydrogens is 580 g/mol. The van der Waals surface area contributed by atoms with Gasteiger partial charge < -0.3 is 29.4 Å². The lowest BCUT2D eigenvalue weighted by atomic mass is 9.82. The number of thioether (sulfide) groups is 1. The fourth-order valence-corrected chi connectivity index (χ4v) is 5.91. The van der Waals surface area contributed by atoms with Gasteiger partial charge in [-0.1, -0.05) is 54.2 Å². The summed E-state index contributed by atoms with van der Waals surface area (Å²) in [5.41, 5.74) is 10.1. The third kappa shape index (κ3) is 5.85. The van der Waals surface area contributed by atoms with E-state index in [9.17, 15) is 10.1 Å². The van der Waals surface area contributed by atoms with Gasteiger partial charge in [0.1, 0.15) is 28.1 Å². The molecule has 1 unspecified atom stereocenters. The highest BCUT2D eigenvalue weighted by atomic mass is 32.2. The predicted octanol–water partition coefficient (Wildman–Crippen LogP) is 5.74. The summed E-state index contributed by atoms with van der Waals surface area (Å²) in [6.07, 6.45) is 0. The van der Waals surface area contributed by atoms with Crippen molar-refractivity contribution in [3.8, 4) is 34.6 Å². The molecule has 1 aliphatic rings. The van der Waals surface area contributed by atoms with E-state index in [1.54, 1.807) is 19.1 Å². The number of benzene rings is 3. The van der Waals surface area contributed by atoms with E-state index in [1.165, 1.54) is 33.1 Å². The van der Waals surface area contributed by atoms with E-state index in [0.717, 1.165) is 16.6 Å². The minimum Gasteiger partial charge on any atom is -0.493 e. The van der Waals surface area contributed by atoms with Crippen LogP contribution in [0.4, 0.5) is 0 Å². The van der Waals surface area contributed by atoms with Crippen LogP contribution in [0.2, 0.25) is 0 Å². The molecule has 0 amide bonds. The van der Waals surface area contributed by atoms with Crippen molar-refractivity contribution in [1.82, 2.24) is 9.97 Å². The second kappa shape index (κ2) is 13.4. The lowest BCUT2D eigenvalue weighted by Gasteiger charge is -2.28. The van der Waals surface area contributed by atoms with E-state index >= 15 is 0 Å². The van der Waals surface area contributed by atoms with Crippen molar-refractivity contribution in [3.63, 3.8) is 0 Å². The second-order valence-electron chi connectivity index (χ2n) is 9.46. The number of esters is 1. The summed E-state index contributed by atoms with van der Waals surface area (Å²) >= 11 is 1.34. The van der Waals surface area contributed by atoms with Crippen molar-refractivity contribution < 1.29 is 28.5 Å². The molecule has 0 saturated heterocycles. The fourth-order valence-electron chi connectivity index (χ4n) is 4.96.